The van der Waals surface area contributed by atoms with Gasteiger partial charge in [-0.1, -0.05) is 88.9 Å². The Labute approximate surface area is 205 Å². The van der Waals surface area contributed by atoms with E-state index in [1.165, 1.54) is 11.1 Å². The highest BCUT2D eigenvalue weighted by molar-refractivity contribution is 5.24. The summed E-state index contributed by atoms with van der Waals surface area (Å²) in [4.78, 5) is 0. The quantitative estimate of drug-likeness (QED) is 0.339. The zero-order valence-electron chi connectivity index (χ0n) is 20.0. The van der Waals surface area contributed by atoms with Crippen molar-refractivity contribution in [2.24, 2.45) is 0 Å². The second-order valence-corrected chi connectivity index (χ2v) is 8.41. The molecular weight excluding hydrogens is 424 g/mol. The largest absolute Gasteiger partial charge is 0.491 e. The van der Waals surface area contributed by atoms with Crippen molar-refractivity contribution >= 4 is 0 Å². The maximum Gasteiger partial charge on any atom is 0.119 e. The van der Waals surface area contributed by atoms with Crippen LogP contribution in [0.3, 0.4) is 0 Å². The predicted molar refractivity (Wildman–Crippen MR) is 140 cm³/mol. The predicted octanol–water partition coefficient (Wildman–Crippen LogP) is 6.94. The molecule has 4 heteroatoms. The van der Waals surface area contributed by atoms with Gasteiger partial charge in [-0.2, -0.15) is 0 Å². The lowest BCUT2D eigenvalue weighted by molar-refractivity contribution is 0.263. The first kappa shape index (κ1) is 27.4. The van der Waals surface area contributed by atoms with Gasteiger partial charge < -0.3 is 18.9 Å². The fourth-order valence-electron chi connectivity index (χ4n) is 2.88. The molecule has 2 aliphatic heterocycles. The first-order valence-electron chi connectivity index (χ1n) is 11.8. The maximum absolute atomic E-state index is 5.40. The highest BCUT2D eigenvalue weighted by Crippen LogP contribution is 2.15. The Morgan fingerprint density at radius 1 is 0.706 bits per heavy atom. The highest BCUT2D eigenvalue weighted by atomic mass is 16.6. The van der Waals surface area contributed by atoms with Crippen LogP contribution in [0.2, 0.25) is 0 Å². The average Bonchev–Trinajstić information content (AvgIpc) is 3.79. The standard InChI is InChI=1S/C11H16.2C9H10O2.CH4/c1-4-10-5-7-11(8-6-10)9(2)3;2*1-2-4-8(5-3-1)10-6-9-7-11-9;/h5-9H,4H2,1-3H3;2*1-5,9H,6-7H2;1H4. The third-order valence-corrected chi connectivity index (χ3v) is 5.22. The van der Waals surface area contributed by atoms with Crippen LogP contribution in [0.5, 0.6) is 11.5 Å². The van der Waals surface area contributed by atoms with Crippen LogP contribution in [-0.4, -0.2) is 38.6 Å². The van der Waals surface area contributed by atoms with Crippen molar-refractivity contribution in [1.29, 1.82) is 0 Å². The van der Waals surface area contributed by atoms with Crippen LogP contribution in [0.15, 0.2) is 84.9 Å². The summed E-state index contributed by atoms with van der Waals surface area (Å²) in [5.74, 6) is 2.49. The van der Waals surface area contributed by atoms with Crippen LogP contribution in [0, 0.1) is 0 Å². The molecule has 2 fully saturated rings. The van der Waals surface area contributed by atoms with Crippen LogP contribution in [0.4, 0.5) is 0 Å². The fourth-order valence-corrected chi connectivity index (χ4v) is 2.88. The minimum atomic E-state index is 0. The minimum absolute atomic E-state index is 0. The molecule has 0 aliphatic carbocycles. The van der Waals surface area contributed by atoms with E-state index in [9.17, 15) is 0 Å². The first-order chi connectivity index (χ1) is 16.1. The summed E-state index contributed by atoms with van der Waals surface area (Å²) < 4.78 is 20.8. The summed E-state index contributed by atoms with van der Waals surface area (Å²) in [7, 11) is 0. The molecule has 0 radical (unpaired) electrons. The Kier molecular flexibility index (Phi) is 12.2. The molecule has 2 heterocycles. The summed E-state index contributed by atoms with van der Waals surface area (Å²) in [6, 6.07) is 28.5. The van der Waals surface area contributed by atoms with Crippen LogP contribution in [-0.2, 0) is 15.9 Å². The van der Waals surface area contributed by atoms with E-state index in [-0.39, 0.29) is 7.43 Å². The van der Waals surface area contributed by atoms with Gasteiger partial charge in [0.25, 0.3) is 0 Å². The zero-order chi connectivity index (χ0) is 23.3. The van der Waals surface area contributed by atoms with Gasteiger partial charge in [0.2, 0.25) is 0 Å². The van der Waals surface area contributed by atoms with Gasteiger partial charge >= 0.3 is 0 Å². The molecule has 2 unspecified atom stereocenters. The van der Waals surface area contributed by atoms with Gasteiger partial charge in [0, 0.05) is 0 Å². The molecule has 34 heavy (non-hydrogen) atoms. The third kappa shape index (κ3) is 11.4. The van der Waals surface area contributed by atoms with E-state index in [4.69, 9.17) is 18.9 Å². The van der Waals surface area contributed by atoms with Crippen LogP contribution < -0.4 is 9.47 Å². The molecular formula is C30H40O4. The number of aryl methyl sites for hydroxylation is 1. The first-order valence-corrected chi connectivity index (χ1v) is 11.8. The summed E-state index contributed by atoms with van der Waals surface area (Å²) in [5.41, 5.74) is 2.86. The second-order valence-electron chi connectivity index (χ2n) is 8.41. The van der Waals surface area contributed by atoms with E-state index >= 15 is 0 Å². The molecule has 4 nitrogen and oxygen atoms in total. The molecule has 0 N–H and O–H groups in total. The van der Waals surface area contributed by atoms with Crippen molar-refractivity contribution in [1.82, 2.24) is 0 Å². The Hall–Kier alpha value is -2.82. The summed E-state index contributed by atoms with van der Waals surface area (Å²) in [6.45, 7) is 9.71. The molecule has 0 bridgehead atoms. The van der Waals surface area contributed by atoms with E-state index in [1.807, 2.05) is 60.7 Å². The number of epoxide rings is 2. The number of rotatable bonds is 8. The van der Waals surface area contributed by atoms with Gasteiger partial charge in [0.1, 0.15) is 36.9 Å². The fraction of sp³-hybridized carbons (Fsp3) is 0.400. The zero-order valence-corrected chi connectivity index (χ0v) is 20.0. The average molecular weight is 465 g/mol. The molecule has 2 saturated heterocycles. The van der Waals surface area contributed by atoms with Crippen molar-refractivity contribution < 1.29 is 18.9 Å². The smallest absolute Gasteiger partial charge is 0.119 e. The maximum atomic E-state index is 5.40. The normalized spacial score (nSPS) is 17.2. The lowest BCUT2D eigenvalue weighted by Gasteiger charge is -2.04. The van der Waals surface area contributed by atoms with Gasteiger partial charge in [-0.3, -0.25) is 0 Å². The second kappa shape index (κ2) is 15.2. The molecule has 0 aromatic heterocycles. The summed E-state index contributed by atoms with van der Waals surface area (Å²) in [5, 5.41) is 0. The Bertz CT molecular complexity index is 835. The highest BCUT2D eigenvalue weighted by Gasteiger charge is 2.23. The molecule has 0 saturated carbocycles. The molecule has 5 rings (SSSR count). The Morgan fingerprint density at radius 3 is 1.44 bits per heavy atom. The monoisotopic (exact) mass is 464 g/mol. The SMILES string of the molecule is C.CCc1ccc(C(C)C)cc1.c1ccc(OCC2CO2)cc1.c1ccc(OCC2CO2)cc1. The van der Waals surface area contributed by atoms with Gasteiger partial charge in [-0.15, -0.1) is 0 Å². The van der Waals surface area contributed by atoms with Gasteiger partial charge in [-0.05, 0) is 47.7 Å². The number of para-hydroxylation sites is 2. The Balaban J connectivity index is 0.000000178. The number of hydrogen-bond acceptors (Lipinski definition) is 4. The number of benzene rings is 3. The molecule has 184 valence electrons. The molecule has 2 atom stereocenters. The van der Waals surface area contributed by atoms with Crippen LogP contribution >= 0.6 is 0 Å². The van der Waals surface area contributed by atoms with Crippen molar-refractivity contribution in [3.05, 3.63) is 96.1 Å². The van der Waals surface area contributed by atoms with E-state index in [1.54, 1.807) is 0 Å². The van der Waals surface area contributed by atoms with Crippen LogP contribution in [0.1, 0.15) is 45.2 Å². The summed E-state index contributed by atoms with van der Waals surface area (Å²) >= 11 is 0. The lowest BCUT2D eigenvalue weighted by Crippen LogP contribution is -2.03. The van der Waals surface area contributed by atoms with Gasteiger partial charge in [-0.25, -0.2) is 0 Å². The van der Waals surface area contributed by atoms with Crippen molar-refractivity contribution in [2.45, 2.75) is 52.7 Å². The Morgan fingerprint density at radius 2 is 1.12 bits per heavy atom. The lowest BCUT2D eigenvalue weighted by atomic mass is 10.0. The van der Waals surface area contributed by atoms with Crippen LogP contribution in [0.25, 0.3) is 0 Å². The van der Waals surface area contributed by atoms with Crippen molar-refractivity contribution in [3.8, 4) is 11.5 Å². The summed E-state index contributed by atoms with van der Waals surface area (Å²) in [6.07, 6.45) is 1.82. The topological polar surface area (TPSA) is 43.5 Å². The van der Waals surface area contributed by atoms with E-state index in [0.717, 1.165) is 31.1 Å². The molecule has 2 aliphatic rings. The van der Waals surface area contributed by atoms with Gasteiger partial charge in [0.15, 0.2) is 0 Å². The van der Waals surface area contributed by atoms with Crippen molar-refractivity contribution in [3.63, 3.8) is 0 Å². The van der Waals surface area contributed by atoms with E-state index in [0.29, 0.717) is 31.3 Å². The third-order valence-electron chi connectivity index (χ3n) is 5.22. The molecule has 0 spiro atoms. The molecule has 0 amide bonds. The molecule has 3 aromatic carbocycles. The number of hydrogen-bond donors (Lipinski definition) is 0. The number of ether oxygens (including phenoxy) is 4. The van der Waals surface area contributed by atoms with Crippen molar-refractivity contribution in [2.75, 3.05) is 26.4 Å². The van der Waals surface area contributed by atoms with E-state index in [2.05, 4.69) is 45.0 Å². The van der Waals surface area contributed by atoms with Gasteiger partial charge in [0.05, 0.1) is 13.2 Å². The molecule has 3 aromatic rings. The minimum Gasteiger partial charge on any atom is -0.491 e. The van der Waals surface area contributed by atoms with E-state index < -0.39 is 0 Å².